The van der Waals surface area contributed by atoms with Gasteiger partial charge in [0.2, 0.25) is 5.91 Å². The summed E-state index contributed by atoms with van der Waals surface area (Å²) < 4.78 is 23.7. The van der Waals surface area contributed by atoms with Crippen LogP contribution in [-0.2, 0) is 18.4 Å². The fraction of sp³-hybridized carbons (Fsp3) is 0.803. The van der Waals surface area contributed by atoms with Gasteiger partial charge in [0, 0.05) is 6.42 Å². The lowest BCUT2D eigenvalue weighted by atomic mass is 10.0. The molecule has 0 aliphatic rings. The van der Waals surface area contributed by atoms with E-state index >= 15 is 0 Å². The summed E-state index contributed by atoms with van der Waals surface area (Å²) in [6.07, 6.45) is 78.9. The standard InChI is InChI=1S/C66H123N2O6P/c1-6-8-10-12-14-16-18-20-22-24-26-28-30-31-32-33-34-35-36-38-39-41-43-45-47-49-51-53-55-57-59-65(69)64(63-74-75(71,72)73-62-61-68(3,4)5)67-66(70)60-58-56-54-52-50-48-46-44-42-40-37-29-27-25-23-21-19-17-15-13-11-9-7-2/h9,11,15,17,21,23,27,29,49,51,57,59,64-65,69H,6-8,10,12-14,16,18-20,22,24-26,28,30-48,50,52-56,58,60-63H2,1-5H3,(H-,67,70,71,72)/p+1/b11-9-,17-15-,23-21-,29-27-,51-49+,59-57+. The zero-order valence-corrected chi connectivity index (χ0v) is 50.9. The van der Waals surface area contributed by atoms with Crippen molar-refractivity contribution in [3.8, 4) is 0 Å². The minimum Gasteiger partial charge on any atom is -0.387 e. The molecule has 75 heavy (non-hydrogen) atoms. The third-order valence-electron chi connectivity index (χ3n) is 14.2. The van der Waals surface area contributed by atoms with Crippen LogP contribution >= 0.6 is 7.82 Å². The number of quaternary nitrogens is 1. The van der Waals surface area contributed by atoms with E-state index in [1.807, 2.05) is 27.2 Å². The molecule has 3 N–H and O–H groups in total. The van der Waals surface area contributed by atoms with E-state index in [0.717, 1.165) is 64.2 Å². The van der Waals surface area contributed by atoms with Crippen LogP contribution in [0, 0.1) is 0 Å². The molecular weight excluding hydrogens is 948 g/mol. The monoisotopic (exact) mass is 1070 g/mol. The SMILES string of the molecule is CC/C=C\C/C=C\C/C=C\C/C=C\CCCCCCCCCCCCC(=O)NC(COP(=O)(O)OCC[N+](C)(C)C)C(O)/C=C/CC/C=C/CCCCCCCCCCCCCCCCCCCCCCCCCC. The highest BCUT2D eigenvalue weighted by Gasteiger charge is 2.27. The lowest BCUT2D eigenvalue weighted by Gasteiger charge is -2.25. The first kappa shape index (κ1) is 72.9. The number of hydrogen-bond acceptors (Lipinski definition) is 5. The molecule has 0 saturated heterocycles. The summed E-state index contributed by atoms with van der Waals surface area (Å²) in [5, 5.41) is 14.0. The molecule has 0 aromatic rings. The van der Waals surface area contributed by atoms with Gasteiger partial charge in [-0.3, -0.25) is 13.8 Å². The van der Waals surface area contributed by atoms with E-state index in [1.54, 1.807) is 6.08 Å². The molecule has 0 saturated carbocycles. The van der Waals surface area contributed by atoms with Crippen molar-refractivity contribution in [2.45, 2.75) is 302 Å². The number of nitrogens with one attached hydrogen (secondary N) is 1. The molecule has 0 aromatic carbocycles. The van der Waals surface area contributed by atoms with Crippen molar-refractivity contribution in [3.05, 3.63) is 72.9 Å². The molecule has 438 valence electrons. The number of aliphatic hydroxyl groups excluding tert-OH is 1. The topological polar surface area (TPSA) is 105 Å². The van der Waals surface area contributed by atoms with Crippen molar-refractivity contribution in [1.82, 2.24) is 5.32 Å². The van der Waals surface area contributed by atoms with E-state index in [2.05, 4.69) is 79.9 Å². The van der Waals surface area contributed by atoms with Crippen molar-refractivity contribution in [1.29, 1.82) is 0 Å². The second kappa shape index (κ2) is 56.7. The number of amides is 1. The second-order valence-electron chi connectivity index (χ2n) is 22.7. The van der Waals surface area contributed by atoms with Crippen LogP contribution in [0.1, 0.15) is 290 Å². The zero-order valence-electron chi connectivity index (χ0n) is 50.0. The molecule has 0 rings (SSSR count). The highest BCUT2D eigenvalue weighted by molar-refractivity contribution is 7.47. The molecule has 0 heterocycles. The molecule has 3 atom stereocenters. The van der Waals surface area contributed by atoms with Crippen LogP contribution in [0.3, 0.4) is 0 Å². The number of likely N-dealkylation sites (N-methyl/N-ethyl adjacent to an activating group) is 1. The number of unbranched alkanes of at least 4 members (excludes halogenated alkanes) is 35. The summed E-state index contributed by atoms with van der Waals surface area (Å²) in [7, 11) is 1.55. The molecule has 3 unspecified atom stereocenters. The van der Waals surface area contributed by atoms with Crippen LogP contribution in [0.15, 0.2) is 72.9 Å². The minimum absolute atomic E-state index is 0.0528. The van der Waals surface area contributed by atoms with Gasteiger partial charge in [-0.15, -0.1) is 0 Å². The van der Waals surface area contributed by atoms with Crippen LogP contribution in [0.4, 0.5) is 0 Å². The van der Waals surface area contributed by atoms with Gasteiger partial charge in [-0.05, 0) is 70.6 Å². The van der Waals surface area contributed by atoms with Gasteiger partial charge >= 0.3 is 7.82 Å². The fourth-order valence-electron chi connectivity index (χ4n) is 9.23. The van der Waals surface area contributed by atoms with Gasteiger partial charge < -0.3 is 19.8 Å². The molecule has 0 bridgehead atoms. The maximum absolute atomic E-state index is 13.0. The molecule has 8 nitrogen and oxygen atoms in total. The third-order valence-corrected chi connectivity index (χ3v) is 15.1. The normalized spacial score (nSPS) is 14.3. The molecule has 0 aliphatic carbocycles. The number of carbonyl (C=O) groups is 1. The molecule has 0 aromatic heterocycles. The Labute approximate surface area is 465 Å². The number of phosphoric acid groups is 1. The Balaban J connectivity index is 4.18. The van der Waals surface area contributed by atoms with E-state index in [0.29, 0.717) is 17.4 Å². The number of allylic oxidation sites excluding steroid dienone is 11. The maximum Gasteiger partial charge on any atom is 0.472 e. The van der Waals surface area contributed by atoms with E-state index in [4.69, 9.17) is 9.05 Å². The summed E-state index contributed by atoms with van der Waals surface area (Å²) in [5.41, 5.74) is 0. The Hall–Kier alpha value is -2.06. The molecular formula is C66H124N2O6P+. The van der Waals surface area contributed by atoms with E-state index in [-0.39, 0.29) is 19.1 Å². The number of carbonyl (C=O) groups excluding carboxylic acids is 1. The third kappa shape index (κ3) is 59.4. The predicted octanol–water partition coefficient (Wildman–Crippen LogP) is 19.8. The number of hydrogen-bond donors (Lipinski definition) is 3. The lowest BCUT2D eigenvalue weighted by molar-refractivity contribution is -0.870. The smallest absolute Gasteiger partial charge is 0.387 e. The molecule has 0 aliphatic heterocycles. The first-order valence-electron chi connectivity index (χ1n) is 31.8. The Morgan fingerprint density at radius 3 is 1.23 bits per heavy atom. The van der Waals surface area contributed by atoms with Gasteiger partial charge in [0.05, 0.1) is 39.9 Å². The van der Waals surface area contributed by atoms with E-state index in [9.17, 15) is 19.4 Å². The molecule has 0 fully saturated rings. The molecule has 1 amide bonds. The average Bonchev–Trinajstić information content (AvgIpc) is 3.37. The first-order valence-corrected chi connectivity index (χ1v) is 33.3. The Morgan fingerprint density at radius 1 is 0.467 bits per heavy atom. The van der Waals surface area contributed by atoms with Crippen molar-refractivity contribution in [2.75, 3.05) is 40.9 Å². The Kier molecular flexibility index (Phi) is 55.1. The van der Waals surface area contributed by atoms with Crippen LogP contribution in [0.25, 0.3) is 0 Å². The molecule has 0 spiro atoms. The van der Waals surface area contributed by atoms with Crippen LogP contribution in [0.2, 0.25) is 0 Å². The molecule has 0 radical (unpaired) electrons. The highest BCUT2D eigenvalue weighted by atomic mass is 31.2. The number of aliphatic hydroxyl groups is 1. The summed E-state index contributed by atoms with van der Waals surface area (Å²) in [4.78, 5) is 23.3. The second-order valence-corrected chi connectivity index (χ2v) is 24.2. The summed E-state index contributed by atoms with van der Waals surface area (Å²) in [6, 6.07) is -0.871. The minimum atomic E-state index is -4.36. The van der Waals surface area contributed by atoms with Gasteiger partial charge in [-0.25, -0.2) is 4.57 Å². The Morgan fingerprint density at radius 2 is 0.813 bits per heavy atom. The van der Waals surface area contributed by atoms with E-state index in [1.165, 1.54) is 205 Å². The summed E-state index contributed by atoms with van der Waals surface area (Å²) in [6.45, 7) is 4.71. The van der Waals surface area contributed by atoms with Crippen LogP contribution in [-0.4, -0.2) is 73.4 Å². The number of nitrogens with zero attached hydrogens (tertiary/aromatic N) is 1. The van der Waals surface area contributed by atoms with Gasteiger partial charge in [0.1, 0.15) is 13.2 Å². The first-order chi connectivity index (χ1) is 36.5. The number of phosphoric ester groups is 1. The average molecular weight is 1070 g/mol. The van der Waals surface area contributed by atoms with Gasteiger partial charge in [0.15, 0.2) is 0 Å². The quantitative estimate of drug-likeness (QED) is 0.0243. The van der Waals surface area contributed by atoms with E-state index < -0.39 is 20.0 Å². The van der Waals surface area contributed by atoms with Crippen molar-refractivity contribution < 1.29 is 32.9 Å². The van der Waals surface area contributed by atoms with Gasteiger partial charge in [-0.1, -0.05) is 286 Å². The maximum atomic E-state index is 13.0. The van der Waals surface area contributed by atoms with Crippen LogP contribution in [0.5, 0.6) is 0 Å². The highest BCUT2D eigenvalue weighted by Crippen LogP contribution is 2.43. The van der Waals surface area contributed by atoms with Crippen molar-refractivity contribution >= 4 is 13.7 Å². The molecule has 9 heteroatoms. The summed E-state index contributed by atoms with van der Waals surface area (Å²) >= 11 is 0. The van der Waals surface area contributed by atoms with Crippen molar-refractivity contribution in [2.24, 2.45) is 0 Å². The van der Waals surface area contributed by atoms with Crippen molar-refractivity contribution in [3.63, 3.8) is 0 Å². The van der Waals surface area contributed by atoms with Gasteiger partial charge in [0.25, 0.3) is 0 Å². The summed E-state index contributed by atoms with van der Waals surface area (Å²) in [5.74, 6) is -0.191. The largest absolute Gasteiger partial charge is 0.472 e. The van der Waals surface area contributed by atoms with Gasteiger partial charge in [-0.2, -0.15) is 0 Å². The number of rotatable bonds is 58. The zero-order chi connectivity index (χ0) is 54.9. The Bertz CT molecular complexity index is 1450. The predicted molar refractivity (Wildman–Crippen MR) is 327 cm³/mol. The fourth-order valence-corrected chi connectivity index (χ4v) is 9.96. The lowest BCUT2D eigenvalue weighted by Crippen LogP contribution is -2.45. The van der Waals surface area contributed by atoms with Crippen LogP contribution < -0.4 is 5.32 Å².